The summed E-state index contributed by atoms with van der Waals surface area (Å²) in [6.07, 6.45) is 3.23. The maximum absolute atomic E-state index is 13.0. The molecule has 3 N–H and O–H groups in total. The Bertz CT molecular complexity index is 1050. The number of hydrogen-bond acceptors (Lipinski definition) is 5. The highest BCUT2D eigenvalue weighted by Crippen LogP contribution is 2.27. The second-order valence-corrected chi connectivity index (χ2v) is 9.37. The van der Waals surface area contributed by atoms with Gasteiger partial charge in [0.15, 0.2) is 0 Å². The molecule has 1 heterocycles. The van der Waals surface area contributed by atoms with Gasteiger partial charge in [0.2, 0.25) is 21.8 Å². The Balaban J connectivity index is 1.69. The summed E-state index contributed by atoms with van der Waals surface area (Å²) in [5.74, 6) is -0.237. The molecule has 0 radical (unpaired) electrons. The third kappa shape index (κ3) is 5.62. The monoisotopic (exact) mass is 445 g/mol. The van der Waals surface area contributed by atoms with Gasteiger partial charge in [-0.3, -0.25) is 9.59 Å². The van der Waals surface area contributed by atoms with Crippen molar-refractivity contribution in [3.63, 3.8) is 0 Å². The molecule has 0 unspecified atom stereocenters. The minimum Gasteiger partial charge on any atom is -0.496 e. The Labute approximate surface area is 182 Å². The summed E-state index contributed by atoms with van der Waals surface area (Å²) in [4.78, 5) is 23.7. The van der Waals surface area contributed by atoms with Gasteiger partial charge >= 0.3 is 0 Å². The highest BCUT2D eigenvalue weighted by Gasteiger charge is 2.26. The van der Waals surface area contributed by atoms with E-state index >= 15 is 0 Å². The molecular formula is C22H27N3O5S. The van der Waals surface area contributed by atoms with Crippen LogP contribution >= 0.6 is 0 Å². The van der Waals surface area contributed by atoms with Crippen LogP contribution in [0.1, 0.15) is 41.6 Å². The van der Waals surface area contributed by atoms with E-state index in [-0.39, 0.29) is 17.2 Å². The smallest absolute Gasteiger partial charge is 0.248 e. The summed E-state index contributed by atoms with van der Waals surface area (Å²) in [7, 11) is -2.06. The van der Waals surface area contributed by atoms with Crippen molar-refractivity contribution in [2.45, 2.75) is 37.0 Å². The molecule has 166 valence electrons. The number of anilines is 1. The first-order valence-corrected chi connectivity index (χ1v) is 11.6. The van der Waals surface area contributed by atoms with Gasteiger partial charge in [-0.1, -0.05) is 6.42 Å². The largest absolute Gasteiger partial charge is 0.496 e. The Morgan fingerprint density at radius 2 is 1.74 bits per heavy atom. The van der Waals surface area contributed by atoms with E-state index in [1.165, 1.54) is 23.5 Å². The number of ether oxygens (including phenoxy) is 1. The zero-order valence-electron chi connectivity index (χ0n) is 17.5. The molecule has 2 aromatic carbocycles. The number of nitrogens with one attached hydrogen (secondary N) is 1. The zero-order chi connectivity index (χ0) is 22.4. The van der Waals surface area contributed by atoms with E-state index in [0.717, 1.165) is 19.3 Å². The number of aryl methyl sites for hydroxylation is 1. The van der Waals surface area contributed by atoms with Crippen molar-refractivity contribution in [2.75, 3.05) is 25.5 Å². The lowest BCUT2D eigenvalue weighted by Crippen LogP contribution is -2.35. The van der Waals surface area contributed by atoms with Crippen molar-refractivity contribution in [1.82, 2.24) is 4.31 Å². The van der Waals surface area contributed by atoms with Crippen LogP contribution in [0.5, 0.6) is 5.75 Å². The lowest BCUT2D eigenvalue weighted by Gasteiger charge is -2.26. The average Bonchev–Trinajstić information content (AvgIpc) is 2.78. The molecule has 2 aromatic rings. The average molecular weight is 446 g/mol. The van der Waals surface area contributed by atoms with Gasteiger partial charge in [-0.2, -0.15) is 4.31 Å². The van der Waals surface area contributed by atoms with Gasteiger partial charge in [-0.05, 0) is 67.3 Å². The summed E-state index contributed by atoms with van der Waals surface area (Å²) in [5, 5.41) is 2.75. The normalized spacial score (nSPS) is 14.7. The second-order valence-electron chi connectivity index (χ2n) is 7.43. The number of piperidine rings is 1. The highest BCUT2D eigenvalue weighted by molar-refractivity contribution is 7.89. The van der Waals surface area contributed by atoms with Crippen LogP contribution in [0.2, 0.25) is 0 Å². The highest BCUT2D eigenvalue weighted by atomic mass is 32.2. The predicted octanol–water partition coefficient (Wildman–Crippen LogP) is 2.54. The van der Waals surface area contributed by atoms with Crippen molar-refractivity contribution in [3.05, 3.63) is 53.6 Å². The Morgan fingerprint density at radius 1 is 1.06 bits per heavy atom. The summed E-state index contributed by atoms with van der Waals surface area (Å²) in [6.45, 7) is 1.06. The number of nitrogens with two attached hydrogens (primary N) is 1. The minimum atomic E-state index is -3.57. The van der Waals surface area contributed by atoms with Crippen molar-refractivity contribution >= 4 is 27.5 Å². The molecule has 1 fully saturated rings. The first-order chi connectivity index (χ1) is 14.8. The third-order valence-electron chi connectivity index (χ3n) is 5.28. The standard InChI is InChI=1S/C22H27N3O5S/c1-30-20-11-10-19(31(28,29)25-13-3-2-4-14-25)15-17(20)7-12-21(26)24-18-8-5-16(6-9-18)22(23)27/h5-6,8-11,15H,2-4,7,12-14H2,1H3,(H2,23,27)(H,24,26). The van der Waals surface area contributed by atoms with Gasteiger partial charge in [0.05, 0.1) is 12.0 Å². The molecule has 31 heavy (non-hydrogen) atoms. The molecule has 1 saturated heterocycles. The van der Waals surface area contributed by atoms with Crippen LogP contribution in [0, 0.1) is 0 Å². The van der Waals surface area contributed by atoms with Crippen LogP contribution in [0.4, 0.5) is 5.69 Å². The van der Waals surface area contributed by atoms with Gasteiger partial charge in [-0.25, -0.2) is 8.42 Å². The van der Waals surface area contributed by atoms with Gasteiger partial charge in [0.1, 0.15) is 5.75 Å². The number of nitrogens with zero attached hydrogens (tertiary/aromatic N) is 1. The fourth-order valence-corrected chi connectivity index (χ4v) is 5.12. The molecule has 2 amide bonds. The lowest BCUT2D eigenvalue weighted by atomic mass is 10.1. The fraction of sp³-hybridized carbons (Fsp3) is 0.364. The van der Waals surface area contributed by atoms with Gasteiger partial charge in [0.25, 0.3) is 0 Å². The fourth-order valence-electron chi connectivity index (χ4n) is 3.55. The zero-order valence-corrected chi connectivity index (χ0v) is 18.3. The van der Waals surface area contributed by atoms with E-state index < -0.39 is 15.9 Å². The van der Waals surface area contributed by atoms with Gasteiger partial charge in [-0.15, -0.1) is 0 Å². The lowest BCUT2D eigenvalue weighted by molar-refractivity contribution is -0.116. The molecule has 0 atom stereocenters. The number of amides is 2. The van der Waals surface area contributed by atoms with Gasteiger partial charge in [0, 0.05) is 30.8 Å². The van der Waals surface area contributed by atoms with E-state index in [9.17, 15) is 18.0 Å². The Morgan fingerprint density at radius 3 is 2.35 bits per heavy atom. The van der Waals surface area contributed by atoms with Crippen molar-refractivity contribution in [1.29, 1.82) is 0 Å². The van der Waals surface area contributed by atoms with Gasteiger partial charge < -0.3 is 15.8 Å². The van der Waals surface area contributed by atoms with Crippen molar-refractivity contribution < 1.29 is 22.7 Å². The number of primary amides is 1. The van der Waals surface area contributed by atoms with Crippen LogP contribution in [0.15, 0.2) is 47.4 Å². The van der Waals surface area contributed by atoms with Crippen molar-refractivity contribution in [2.24, 2.45) is 5.73 Å². The van der Waals surface area contributed by atoms with Crippen LogP contribution in [-0.2, 0) is 21.2 Å². The number of carbonyl (C=O) groups is 2. The summed E-state index contributed by atoms with van der Waals surface area (Å²) in [6, 6.07) is 11.1. The van der Waals surface area contributed by atoms with E-state index in [2.05, 4.69) is 5.32 Å². The van der Waals surface area contributed by atoms with Crippen LogP contribution in [0.3, 0.4) is 0 Å². The molecule has 1 aliphatic heterocycles. The van der Waals surface area contributed by atoms with E-state index in [4.69, 9.17) is 10.5 Å². The number of rotatable bonds is 8. The van der Waals surface area contributed by atoms with Crippen LogP contribution in [-0.4, -0.2) is 44.7 Å². The molecule has 3 rings (SSSR count). The number of sulfonamides is 1. The molecule has 8 nitrogen and oxygen atoms in total. The number of hydrogen-bond donors (Lipinski definition) is 2. The molecule has 0 aromatic heterocycles. The molecule has 0 aliphatic carbocycles. The maximum Gasteiger partial charge on any atom is 0.248 e. The van der Waals surface area contributed by atoms with E-state index in [1.807, 2.05) is 0 Å². The van der Waals surface area contributed by atoms with Crippen LogP contribution in [0.25, 0.3) is 0 Å². The summed E-state index contributed by atoms with van der Waals surface area (Å²) >= 11 is 0. The molecule has 0 spiro atoms. The Hall–Kier alpha value is -2.91. The van der Waals surface area contributed by atoms with Crippen molar-refractivity contribution in [3.8, 4) is 5.75 Å². The van der Waals surface area contributed by atoms with Crippen LogP contribution < -0.4 is 15.8 Å². The quantitative estimate of drug-likeness (QED) is 0.647. The molecule has 0 bridgehead atoms. The first-order valence-electron chi connectivity index (χ1n) is 10.2. The number of benzene rings is 2. The molecule has 1 aliphatic rings. The predicted molar refractivity (Wildman–Crippen MR) is 118 cm³/mol. The first kappa shape index (κ1) is 22.8. The second kappa shape index (κ2) is 9.93. The number of carbonyl (C=O) groups excluding carboxylic acids is 2. The summed E-state index contributed by atoms with van der Waals surface area (Å²) in [5.41, 5.74) is 6.76. The minimum absolute atomic E-state index is 0.140. The van der Waals surface area contributed by atoms with E-state index in [1.54, 1.807) is 30.3 Å². The molecular weight excluding hydrogens is 418 g/mol. The molecule has 0 saturated carbocycles. The number of methoxy groups -OCH3 is 1. The van der Waals surface area contributed by atoms with E-state index in [0.29, 0.717) is 42.1 Å². The summed E-state index contributed by atoms with van der Waals surface area (Å²) < 4.78 is 32.8. The molecule has 9 heteroatoms. The third-order valence-corrected chi connectivity index (χ3v) is 7.17. The maximum atomic E-state index is 13.0. The Kier molecular flexibility index (Phi) is 7.29. The SMILES string of the molecule is COc1ccc(S(=O)(=O)N2CCCCC2)cc1CCC(=O)Nc1ccc(C(N)=O)cc1. The topological polar surface area (TPSA) is 119 Å².